The third-order valence-corrected chi connectivity index (χ3v) is 7.62. The predicted octanol–water partition coefficient (Wildman–Crippen LogP) is 5.24. The van der Waals surface area contributed by atoms with Gasteiger partial charge in [-0.1, -0.05) is 24.3 Å². The number of thiophene rings is 1. The molecule has 3 aromatic heterocycles. The van der Waals surface area contributed by atoms with Gasteiger partial charge < -0.3 is 9.64 Å². The zero-order valence-electron chi connectivity index (χ0n) is 19.0. The van der Waals surface area contributed by atoms with Crippen molar-refractivity contribution in [2.75, 3.05) is 38.2 Å². The van der Waals surface area contributed by atoms with Crippen molar-refractivity contribution >= 4 is 38.3 Å². The van der Waals surface area contributed by atoms with Crippen LogP contribution in [0.4, 0.5) is 5.82 Å². The molecular weight excluding hydrogens is 442 g/mol. The maximum Gasteiger partial charge on any atom is 0.150 e. The number of para-hydroxylation sites is 1. The first-order valence-corrected chi connectivity index (χ1v) is 12.3. The Hall–Kier alpha value is -3.55. The number of hydrogen-bond acceptors (Lipinski definition) is 7. The minimum atomic E-state index is 0.863. The topological polar surface area (TPSA) is 54.4 Å². The van der Waals surface area contributed by atoms with Crippen LogP contribution in [0.1, 0.15) is 5.56 Å². The molecule has 5 aromatic rings. The summed E-state index contributed by atoms with van der Waals surface area (Å²) in [5, 5.41) is 1.20. The van der Waals surface area contributed by atoms with Gasteiger partial charge in [-0.25, -0.2) is 9.97 Å². The Morgan fingerprint density at radius 2 is 1.74 bits per heavy atom. The second-order valence-electron chi connectivity index (χ2n) is 8.51. The first-order chi connectivity index (χ1) is 16.8. The first-order valence-electron chi connectivity index (χ1n) is 11.5. The van der Waals surface area contributed by atoms with Gasteiger partial charge in [0.1, 0.15) is 17.9 Å². The average Bonchev–Trinajstić information content (AvgIpc) is 3.34. The van der Waals surface area contributed by atoms with Gasteiger partial charge in [-0.3, -0.25) is 9.88 Å². The predicted molar refractivity (Wildman–Crippen MR) is 139 cm³/mol. The molecule has 4 heterocycles. The molecule has 1 fully saturated rings. The lowest BCUT2D eigenvalue weighted by Crippen LogP contribution is -2.46. The van der Waals surface area contributed by atoms with E-state index >= 15 is 0 Å². The van der Waals surface area contributed by atoms with Crippen LogP contribution in [-0.4, -0.2) is 53.1 Å². The number of nitrogens with zero attached hydrogens (tertiary/aromatic N) is 5. The van der Waals surface area contributed by atoms with E-state index in [0.717, 1.165) is 60.0 Å². The zero-order valence-corrected chi connectivity index (χ0v) is 19.8. The highest BCUT2D eigenvalue weighted by Gasteiger charge is 2.22. The summed E-state index contributed by atoms with van der Waals surface area (Å²) >= 11 is 1.76. The van der Waals surface area contributed by atoms with E-state index in [4.69, 9.17) is 9.72 Å². The van der Waals surface area contributed by atoms with Gasteiger partial charge in [-0.15, -0.1) is 11.3 Å². The van der Waals surface area contributed by atoms with E-state index in [9.17, 15) is 0 Å². The fraction of sp³-hybridized carbons (Fsp3) is 0.222. The second kappa shape index (κ2) is 9.00. The van der Waals surface area contributed by atoms with E-state index < -0.39 is 0 Å². The van der Waals surface area contributed by atoms with E-state index in [-0.39, 0.29) is 0 Å². The third-order valence-electron chi connectivity index (χ3n) is 6.45. The molecular formula is C27H25N5OS. The van der Waals surface area contributed by atoms with E-state index in [1.165, 1.54) is 21.4 Å². The van der Waals surface area contributed by atoms with Crippen molar-refractivity contribution in [1.82, 2.24) is 19.9 Å². The Bertz CT molecular complexity index is 1440. The first kappa shape index (κ1) is 21.0. The molecule has 0 spiro atoms. The molecule has 0 N–H and O–H groups in total. The molecule has 2 aromatic carbocycles. The number of fused-ring (bicyclic) bond motifs is 2. The average molecular weight is 468 g/mol. The Labute approximate surface area is 202 Å². The Morgan fingerprint density at radius 3 is 2.56 bits per heavy atom. The summed E-state index contributed by atoms with van der Waals surface area (Å²) in [4.78, 5) is 20.0. The Morgan fingerprint density at radius 1 is 0.912 bits per heavy atom. The molecule has 0 aliphatic carbocycles. The summed E-state index contributed by atoms with van der Waals surface area (Å²) in [7, 11) is 1.69. The van der Waals surface area contributed by atoms with Crippen molar-refractivity contribution in [3.8, 4) is 16.2 Å². The fourth-order valence-electron chi connectivity index (χ4n) is 4.62. The van der Waals surface area contributed by atoms with E-state index in [0.29, 0.717) is 0 Å². The van der Waals surface area contributed by atoms with E-state index in [2.05, 4.69) is 62.2 Å². The van der Waals surface area contributed by atoms with Crippen molar-refractivity contribution in [2.24, 2.45) is 0 Å². The summed E-state index contributed by atoms with van der Waals surface area (Å²) in [6.45, 7) is 4.79. The highest BCUT2D eigenvalue weighted by atomic mass is 32.1. The van der Waals surface area contributed by atoms with Crippen molar-refractivity contribution in [3.05, 3.63) is 78.8 Å². The molecule has 6 nitrogen and oxygen atoms in total. The van der Waals surface area contributed by atoms with Crippen LogP contribution in [0.5, 0.6) is 5.75 Å². The number of rotatable bonds is 5. The zero-order chi connectivity index (χ0) is 22.9. The van der Waals surface area contributed by atoms with Gasteiger partial charge in [-0.2, -0.15) is 0 Å². The van der Waals surface area contributed by atoms with Gasteiger partial charge in [0, 0.05) is 49.2 Å². The van der Waals surface area contributed by atoms with E-state index in [1.807, 2.05) is 24.4 Å². The highest BCUT2D eigenvalue weighted by Crippen LogP contribution is 2.37. The van der Waals surface area contributed by atoms with Gasteiger partial charge in [0.05, 0.1) is 22.8 Å². The maximum absolute atomic E-state index is 5.30. The second-order valence-corrected chi connectivity index (χ2v) is 9.56. The summed E-state index contributed by atoms with van der Waals surface area (Å²) < 4.78 is 6.45. The largest absolute Gasteiger partial charge is 0.497 e. The lowest BCUT2D eigenvalue weighted by molar-refractivity contribution is 0.250. The molecule has 0 saturated carbocycles. The number of ether oxygens (including phenoxy) is 1. The molecule has 34 heavy (non-hydrogen) atoms. The number of pyridine rings is 1. The highest BCUT2D eigenvalue weighted by molar-refractivity contribution is 7.22. The Kier molecular flexibility index (Phi) is 5.57. The Balaban J connectivity index is 1.20. The monoisotopic (exact) mass is 467 g/mol. The molecule has 0 amide bonds. The van der Waals surface area contributed by atoms with Crippen LogP contribution in [-0.2, 0) is 6.54 Å². The fourth-order valence-corrected chi connectivity index (χ4v) is 5.75. The molecule has 0 bridgehead atoms. The van der Waals surface area contributed by atoms with Crippen LogP contribution in [0, 0.1) is 0 Å². The number of piperazine rings is 1. The molecule has 0 radical (unpaired) electrons. The number of methoxy groups -OCH3 is 1. The van der Waals surface area contributed by atoms with Crippen LogP contribution in [0.15, 0.2) is 73.2 Å². The van der Waals surface area contributed by atoms with Crippen molar-refractivity contribution in [2.45, 2.75) is 6.54 Å². The van der Waals surface area contributed by atoms with Gasteiger partial charge in [0.25, 0.3) is 0 Å². The summed E-state index contributed by atoms with van der Waals surface area (Å²) in [6.07, 6.45) is 3.57. The third kappa shape index (κ3) is 3.97. The van der Waals surface area contributed by atoms with Crippen LogP contribution in [0.25, 0.3) is 31.6 Å². The number of hydrogen-bond donors (Lipinski definition) is 0. The summed E-state index contributed by atoms with van der Waals surface area (Å²) in [6, 6.07) is 20.9. The SMILES string of the molecule is COc1ccc(-c2cc3ncnc(N4CCN(Cc5cccc6cccnc56)CC4)c3s2)cc1. The standard InChI is InChI=1S/C27H25N5OS/c1-33-22-9-7-19(8-10-22)24-16-23-26(34-24)27(30-18-29-23)32-14-12-31(13-15-32)17-21-5-2-4-20-6-3-11-28-25(20)21/h2-11,16,18H,12-15,17H2,1H3. The lowest BCUT2D eigenvalue weighted by Gasteiger charge is -2.35. The number of anilines is 1. The minimum Gasteiger partial charge on any atom is -0.497 e. The molecule has 0 atom stereocenters. The van der Waals surface area contributed by atoms with Crippen LogP contribution in [0.3, 0.4) is 0 Å². The van der Waals surface area contributed by atoms with E-state index in [1.54, 1.807) is 24.8 Å². The molecule has 1 aliphatic rings. The maximum atomic E-state index is 5.30. The summed E-state index contributed by atoms with van der Waals surface area (Å²) in [5.74, 6) is 1.91. The molecule has 1 saturated heterocycles. The van der Waals surface area contributed by atoms with Crippen molar-refractivity contribution in [3.63, 3.8) is 0 Å². The van der Waals surface area contributed by atoms with Gasteiger partial charge in [0.15, 0.2) is 0 Å². The smallest absolute Gasteiger partial charge is 0.150 e. The normalized spacial score (nSPS) is 14.7. The van der Waals surface area contributed by atoms with Gasteiger partial charge >= 0.3 is 0 Å². The molecule has 0 unspecified atom stereocenters. The van der Waals surface area contributed by atoms with Crippen LogP contribution in [0.2, 0.25) is 0 Å². The van der Waals surface area contributed by atoms with Gasteiger partial charge in [0.2, 0.25) is 0 Å². The molecule has 1 aliphatic heterocycles. The lowest BCUT2D eigenvalue weighted by atomic mass is 10.1. The van der Waals surface area contributed by atoms with Crippen molar-refractivity contribution < 1.29 is 4.74 Å². The molecule has 170 valence electrons. The summed E-state index contributed by atoms with van der Waals surface area (Å²) in [5.41, 5.74) is 4.57. The number of benzene rings is 2. The van der Waals surface area contributed by atoms with Crippen LogP contribution < -0.4 is 9.64 Å². The number of aromatic nitrogens is 3. The van der Waals surface area contributed by atoms with Crippen LogP contribution >= 0.6 is 11.3 Å². The van der Waals surface area contributed by atoms with Gasteiger partial charge in [-0.05, 0) is 47.5 Å². The quantitative estimate of drug-likeness (QED) is 0.352. The van der Waals surface area contributed by atoms with Crippen molar-refractivity contribution in [1.29, 1.82) is 0 Å². The minimum absolute atomic E-state index is 0.863. The molecule has 7 heteroatoms. The molecule has 6 rings (SSSR count).